The van der Waals surface area contributed by atoms with Crippen molar-refractivity contribution in [1.29, 1.82) is 0 Å². The van der Waals surface area contributed by atoms with Crippen molar-refractivity contribution in [2.75, 3.05) is 6.54 Å². The molecule has 1 rings (SSSR count). The van der Waals surface area contributed by atoms with Gasteiger partial charge in [0.2, 0.25) is 5.89 Å². The fourth-order valence-electron chi connectivity index (χ4n) is 1.08. The highest BCUT2D eigenvalue weighted by Crippen LogP contribution is 2.05. The number of hydrogen-bond acceptors (Lipinski definition) is 5. The van der Waals surface area contributed by atoms with Crippen molar-refractivity contribution < 1.29 is 14.4 Å². The molecule has 0 fully saturated rings. The molecule has 2 N–H and O–H groups in total. The Labute approximate surface area is 87.7 Å². The summed E-state index contributed by atoms with van der Waals surface area (Å²) in [6, 6.07) is 0. The molecule has 0 saturated carbocycles. The van der Waals surface area contributed by atoms with Crippen molar-refractivity contribution in [2.24, 2.45) is 5.92 Å². The van der Waals surface area contributed by atoms with Crippen LogP contribution in [-0.2, 0) is 17.8 Å². The van der Waals surface area contributed by atoms with Crippen molar-refractivity contribution >= 4 is 5.97 Å². The summed E-state index contributed by atoms with van der Waals surface area (Å²) in [5, 5.41) is 14.8. The van der Waals surface area contributed by atoms with Crippen molar-refractivity contribution in [2.45, 2.75) is 26.8 Å². The van der Waals surface area contributed by atoms with Gasteiger partial charge in [0.1, 0.15) is 0 Å². The Morgan fingerprint density at radius 2 is 2.33 bits per heavy atom. The Hall–Kier alpha value is -1.43. The fraction of sp³-hybridized carbons (Fsp3) is 0.667. The van der Waals surface area contributed by atoms with Gasteiger partial charge < -0.3 is 9.63 Å². The normalized spacial score (nSPS) is 10.9. The number of nitrogens with zero attached hydrogens (tertiary/aromatic N) is 2. The lowest BCUT2D eigenvalue weighted by Gasteiger charge is -1.96. The van der Waals surface area contributed by atoms with E-state index in [1.165, 1.54) is 0 Å². The Morgan fingerprint density at radius 3 is 2.93 bits per heavy atom. The predicted molar refractivity (Wildman–Crippen MR) is 52.2 cm³/mol. The van der Waals surface area contributed by atoms with E-state index < -0.39 is 5.97 Å². The monoisotopic (exact) mass is 213 g/mol. The summed E-state index contributed by atoms with van der Waals surface area (Å²) in [6.07, 6.45) is 0.742. The maximum atomic E-state index is 10.2. The van der Waals surface area contributed by atoms with Gasteiger partial charge in [0.25, 0.3) is 0 Å². The van der Waals surface area contributed by atoms with Gasteiger partial charge in [-0.1, -0.05) is 19.0 Å². The summed E-state index contributed by atoms with van der Waals surface area (Å²) < 4.78 is 4.98. The smallest absolute Gasteiger partial charge is 0.317 e. The molecule has 0 saturated heterocycles. The average molecular weight is 213 g/mol. The van der Waals surface area contributed by atoms with Gasteiger partial charge in [-0.2, -0.15) is 4.98 Å². The fourth-order valence-corrected chi connectivity index (χ4v) is 1.08. The highest BCUT2D eigenvalue weighted by Gasteiger charge is 2.07. The van der Waals surface area contributed by atoms with Crippen LogP contribution in [0, 0.1) is 5.92 Å². The summed E-state index contributed by atoms with van der Waals surface area (Å²) in [5.41, 5.74) is 0. The quantitative estimate of drug-likeness (QED) is 0.713. The zero-order valence-corrected chi connectivity index (χ0v) is 8.86. The Bertz CT molecular complexity index is 322. The van der Waals surface area contributed by atoms with Crippen LogP contribution >= 0.6 is 0 Å². The largest absolute Gasteiger partial charge is 0.480 e. The molecule has 0 atom stereocenters. The molecule has 0 radical (unpaired) electrons. The number of carboxylic acids is 1. The number of rotatable bonds is 6. The van der Waals surface area contributed by atoms with E-state index in [1.54, 1.807) is 0 Å². The average Bonchev–Trinajstić information content (AvgIpc) is 2.50. The number of carboxylic acid groups (broad SMARTS) is 1. The number of nitrogens with one attached hydrogen (secondary N) is 1. The first-order chi connectivity index (χ1) is 7.08. The van der Waals surface area contributed by atoms with Gasteiger partial charge in [0.15, 0.2) is 5.82 Å². The minimum atomic E-state index is -0.902. The lowest BCUT2D eigenvalue weighted by Crippen LogP contribution is -2.22. The molecule has 1 aromatic heterocycles. The molecule has 6 nitrogen and oxygen atoms in total. The maximum Gasteiger partial charge on any atom is 0.317 e. The van der Waals surface area contributed by atoms with Gasteiger partial charge >= 0.3 is 5.97 Å². The van der Waals surface area contributed by atoms with Crippen molar-refractivity contribution in [3.63, 3.8) is 0 Å². The van der Waals surface area contributed by atoms with Gasteiger partial charge in [-0.05, 0) is 5.92 Å². The number of hydrogen-bond donors (Lipinski definition) is 2. The van der Waals surface area contributed by atoms with Gasteiger partial charge in [0, 0.05) is 6.42 Å². The summed E-state index contributed by atoms with van der Waals surface area (Å²) in [7, 11) is 0. The SMILES string of the molecule is CC(C)Cc1nc(CNCC(=O)O)no1. The summed E-state index contributed by atoms with van der Waals surface area (Å²) in [4.78, 5) is 14.3. The molecule has 6 heteroatoms. The van der Waals surface area contributed by atoms with Crippen LogP contribution in [0.25, 0.3) is 0 Å². The van der Waals surface area contributed by atoms with Crippen LogP contribution in [0.15, 0.2) is 4.52 Å². The van der Waals surface area contributed by atoms with E-state index in [1.807, 2.05) is 0 Å². The first-order valence-corrected chi connectivity index (χ1v) is 4.82. The second kappa shape index (κ2) is 5.45. The molecule has 15 heavy (non-hydrogen) atoms. The van der Waals surface area contributed by atoms with Gasteiger partial charge in [-0.15, -0.1) is 0 Å². The second-order valence-corrected chi connectivity index (χ2v) is 3.70. The zero-order valence-electron chi connectivity index (χ0n) is 8.86. The van der Waals surface area contributed by atoms with Crippen molar-refractivity contribution in [3.8, 4) is 0 Å². The van der Waals surface area contributed by atoms with Crippen LogP contribution in [0.5, 0.6) is 0 Å². The molecular formula is C9H15N3O3. The van der Waals surface area contributed by atoms with E-state index in [0.717, 1.165) is 6.42 Å². The number of aliphatic carboxylic acids is 1. The molecule has 0 aliphatic heterocycles. The van der Waals surface area contributed by atoms with E-state index in [0.29, 0.717) is 24.2 Å². The first-order valence-electron chi connectivity index (χ1n) is 4.82. The Kier molecular flexibility index (Phi) is 4.23. The number of aromatic nitrogens is 2. The Balaban J connectivity index is 2.36. The molecule has 0 aliphatic rings. The van der Waals surface area contributed by atoms with Crippen molar-refractivity contribution in [1.82, 2.24) is 15.5 Å². The minimum absolute atomic E-state index is 0.103. The number of carbonyl (C=O) groups is 1. The molecule has 0 spiro atoms. The standard InChI is InChI=1S/C9H15N3O3/c1-6(2)3-8-11-7(12-15-8)4-10-5-9(13)14/h6,10H,3-5H2,1-2H3,(H,13,14). The van der Waals surface area contributed by atoms with Crippen molar-refractivity contribution in [3.05, 3.63) is 11.7 Å². The lowest BCUT2D eigenvalue weighted by atomic mass is 10.1. The van der Waals surface area contributed by atoms with Crippen LogP contribution in [-0.4, -0.2) is 27.8 Å². The molecule has 84 valence electrons. The molecule has 0 aromatic carbocycles. The molecule has 0 amide bonds. The molecule has 1 aromatic rings. The van der Waals surface area contributed by atoms with E-state index in [-0.39, 0.29) is 6.54 Å². The third-order valence-electron chi connectivity index (χ3n) is 1.65. The van der Waals surface area contributed by atoms with E-state index in [2.05, 4.69) is 29.3 Å². The molecular weight excluding hydrogens is 198 g/mol. The molecule has 1 heterocycles. The van der Waals surface area contributed by atoms with Gasteiger partial charge in [-0.25, -0.2) is 0 Å². The van der Waals surface area contributed by atoms with Gasteiger partial charge in [-0.3, -0.25) is 10.1 Å². The van der Waals surface area contributed by atoms with Crippen LogP contribution < -0.4 is 5.32 Å². The topological polar surface area (TPSA) is 88.2 Å². The van der Waals surface area contributed by atoms with E-state index in [9.17, 15) is 4.79 Å². The maximum absolute atomic E-state index is 10.2. The highest BCUT2D eigenvalue weighted by atomic mass is 16.5. The lowest BCUT2D eigenvalue weighted by molar-refractivity contribution is -0.136. The Morgan fingerprint density at radius 1 is 1.60 bits per heavy atom. The molecule has 0 unspecified atom stereocenters. The minimum Gasteiger partial charge on any atom is -0.480 e. The van der Waals surface area contributed by atoms with E-state index >= 15 is 0 Å². The first kappa shape index (κ1) is 11.6. The highest BCUT2D eigenvalue weighted by molar-refractivity contribution is 5.68. The molecule has 0 aliphatic carbocycles. The predicted octanol–water partition coefficient (Wildman–Crippen LogP) is 0.442. The summed E-state index contributed by atoms with van der Waals surface area (Å²) in [6.45, 7) is 4.33. The summed E-state index contributed by atoms with van der Waals surface area (Å²) in [5.74, 6) is 0.648. The molecule has 0 bridgehead atoms. The van der Waals surface area contributed by atoms with Crippen LogP contribution in [0.2, 0.25) is 0 Å². The second-order valence-electron chi connectivity index (χ2n) is 3.70. The van der Waals surface area contributed by atoms with Gasteiger partial charge in [0.05, 0.1) is 13.1 Å². The third-order valence-corrected chi connectivity index (χ3v) is 1.65. The van der Waals surface area contributed by atoms with Crippen LogP contribution in [0.3, 0.4) is 0 Å². The zero-order chi connectivity index (χ0) is 11.3. The van der Waals surface area contributed by atoms with E-state index in [4.69, 9.17) is 9.63 Å². The van der Waals surface area contributed by atoms with Crippen LogP contribution in [0.4, 0.5) is 0 Å². The van der Waals surface area contributed by atoms with Crippen LogP contribution in [0.1, 0.15) is 25.6 Å². The third kappa shape index (κ3) is 4.55. The summed E-state index contributed by atoms with van der Waals surface area (Å²) >= 11 is 0.